The smallest absolute Gasteiger partial charge is 0.341 e. The van der Waals surface area contributed by atoms with Crippen LogP contribution in [-0.4, -0.2) is 29.2 Å². The van der Waals surface area contributed by atoms with Gasteiger partial charge in [-0.1, -0.05) is 23.9 Å². The lowest BCUT2D eigenvalue weighted by molar-refractivity contribution is -0.113. The highest BCUT2D eigenvalue weighted by molar-refractivity contribution is 8.01. The lowest BCUT2D eigenvalue weighted by Gasteiger charge is -2.07. The van der Waals surface area contributed by atoms with Gasteiger partial charge >= 0.3 is 5.97 Å². The second-order valence-corrected chi connectivity index (χ2v) is 8.97. The molecule has 0 bridgehead atoms. The minimum atomic E-state index is -0.491. The van der Waals surface area contributed by atoms with Gasteiger partial charge < -0.3 is 14.5 Å². The molecule has 0 aliphatic heterocycles. The summed E-state index contributed by atoms with van der Waals surface area (Å²) in [5.41, 5.74) is 1.84. The zero-order valence-electron chi connectivity index (χ0n) is 15.3. The van der Waals surface area contributed by atoms with Gasteiger partial charge in [-0.15, -0.1) is 22.7 Å². The Bertz CT molecular complexity index is 1110. The third kappa shape index (κ3) is 4.36. The molecule has 1 aromatic carbocycles. The molecule has 0 fully saturated rings. The molecule has 9 heteroatoms. The van der Waals surface area contributed by atoms with Gasteiger partial charge in [-0.2, -0.15) is 0 Å². The van der Waals surface area contributed by atoms with Crippen LogP contribution >= 0.6 is 34.4 Å². The predicted molar refractivity (Wildman–Crippen MR) is 117 cm³/mol. The first-order valence-electron chi connectivity index (χ1n) is 8.76. The van der Waals surface area contributed by atoms with Crippen LogP contribution in [0.1, 0.15) is 17.3 Å². The molecule has 29 heavy (non-hydrogen) atoms. The fraction of sp³-hybridized carbons (Fsp3) is 0.150. The quantitative estimate of drug-likeness (QED) is 0.298. The van der Waals surface area contributed by atoms with Crippen molar-refractivity contribution in [1.82, 2.24) is 4.98 Å². The number of anilines is 1. The minimum Gasteiger partial charge on any atom is -0.464 e. The molecule has 4 aromatic rings. The topological polar surface area (TPSA) is 81.4 Å². The molecule has 148 valence electrons. The Morgan fingerprint density at radius 1 is 1.24 bits per heavy atom. The molecule has 4 rings (SSSR count). The molecule has 0 aliphatic carbocycles. The number of carbonyl (C=O) groups excluding carboxylic acids is 2. The standard InChI is InChI=1S/C20H16N2O4S3/c1-2-25-19(24)17-12(14-7-5-9-26-14)10-27-18(17)22-16(23)11-28-20-21-13-6-3-4-8-15(13)29-20/h3-10H,2,11H2,1H3,(H,22,23). The Balaban J connectivity index is 1.49. The lowest BCUT2D eigenvalue weighted by atomic mass is 10.1. The number of rotatable bonds is 7. The van der Waals surface area contributed by atoms with Gasteiger partial charge in [-0.05, 0) is 31.2 Å². The number of thiophene rings is 1. The second-order valence-electron chi connectivity index (χ2n) is 5.84. The molecule has 0 atom stereocenters. The summed E-state index contributed by atoms with van der Waals surface area (Å²) in [6, 6.07) is 11.4. The zero-order valence-corrected chi connectivity index (χ0v) is 17.8. The van der Waals surface area contributed by atoms with Crippen LogP contribution in [0, 0.1) is 0 Å². The average Bonchev–Trinajstić information content (AvgIpc) is 3.45. The molecule has 1 amide bonds. The van der Waals surface area contributed by atoms with Crippen molar-refractivity contribution in [2.75, 3.05) is 17.7 Å². The number of esters is 1. The first-order valence-corrected chi connectivity index (χ1v) is 11.4. The predicted octanol–water partition coefficient (Wildman–Crippen LogP) is 5.53. The maximum atomic E-state index is 12.5. The van der Waals surface area contributed by atoms with Crippen molar-refractivity contribution in [3.8, 4) is 11.3 Å². The van der Waals surface area contributed by atoms with E-state index in [-0.39, 0.29) is 18.3 Å². The number of para-hydroxylation sites is 1. The van der Waals surface area contributed by atoms with E-state index in [1.54, 1.807) is 35.8 Å². The number of furan rings is 1. The highest BCUT2D eigenvalue weighted by Crippen LogP contribution is 2.37. The maximum Gasteiger partial charge on any atom is 0.341 e. The summed E-state index contributed by atoms with van der Waals surface area (Å²) in [5, 5.41) is 5.06. The summed E-state index contributed by atoms with van der Waals surface area (Å²) in [6.45, 7) is 1.98. The van der Waals surface area contributed by atoms with Gasteiger partial charge in [0.2, 0.25) is 5.91 Å². The molecule has 0 unspecified atom stereocenters. The first kappa shape index (κ1) is 19.7. The molecule has 0 radical (unpaired) electrons. The van der Waals surface area contributed by atoms with Gasteiger partial charge in [0.15, 0.2) is 4.34 Å². The van der Waals surface area contributed by atoms with Crippen LogP contribution in [0.3, 0.4) is 0 Å². The molecule has 3 heterocycles. The first-order chi connectivity index (χ1) is 14.2. The van der Waals surface area contributed by atoms with Crippen molar-refractivity contribution in [1.29, 1.82) is 0 Å². The normalized spacial score (nSPS) is 10.9. The van der Waals surface area contributed by atoms with E-state index in [2.05, 4.69) is 10.3 Å². The molecule has 1 N–H and O–H groups in total. The molecule has 0 saturated carbocycles. The number of aromatic nitrogens is 1. The SMILES string of the molecule is CCOC(=O)c1c(-c2ccco2)csc1NC(=O)CSc1nc2ccccc2s1. The fourth-order valence-corrected chi connectivity index (χ4v) is 5.49. The van der Waals surface area contributed by atoms with E-state index >= 15 is 0 Å². The molecule has 3 aromatic heterocycles. The summed E-state index contributed by atoms with van der Waals surface area (Å²) in [5.74, 6) is 0.0337. The maximum absolute atomic E-state index is 12.5. The van der Waals surface area contributed by atoms with Crippen LogP contribution < -0.4 is 5.32 Å². The Labute approximate surface area is 178 Å². The number of thiazole rings is 1. The van der Waals surface area contributed by atoms with Crippen LogP contribution in [0.25, 0.3) is 21.5 Å². The number of nitrogens with zero attached hydrogens (tertiary/aromatic N) is 1. The number of hydrogen-bond donors (Lipinski definition) is 1. The van der Waals surface area contributed by atoms with Crippen LogP contribution in [-0.2, 0) is 9.53 Å². The number of thioether (sulfide) groups is 1. The Morgan fingerprint density at radius 2 is 2.10 bits per heavy atom. The van der Waals surface area contributed by atoms with Gasteiger partial charge in [0.05, 0.1) is 28.8 Å². The van der Waals surface area contributed by atoms with Gasteiger partial charge in [0.1, 0.15) is 16.3 Å². The average molecular weight is 445 g/mol. The molecule has 6 nitrogen and oxygen atoms in total. The van der Waals surface area contributed by atoms with Crippen molar-refractivity contribution in [2.45, 2.75) is 11.3 Å². The van der Waals surface area contributed by atoms with Crippen LogP contribution in [0.2, 0.25) is 0 Å². The third-order valence-electron chi connectivity index (χ3n) is 3.91. The number of fused-ring (bicyclic) bond motifs is 1. The number of benzene rings is 1. The van der Waals surface area contributed by atoms with E-state index in [0.717, 1.165) is 14.6 Å². The van der Waals surface area contributed by atoms with Gasteiger partial charge in [0.25, 0.3) is 0 Å². The summed E-state index contributed by atoms with van der Waals surface area (Å²) in [7, 11) is 0. The number of amides is 1. The minimum absolute atomic E-state index is 0.191. The van der Waals surface area contributed by atoms with Crippen molar-refractivity contribution < 1.29 is 18.7 Å². The molecular weight excluding hydrogens is 428 g/mol. The fourth-order valence-electron chi connectivity index (χ4n) is 2.67. The number of ether oxygens (including phenoxy) is 1. The molecular formula is C20H16N2O4S3. The van der Waals surface area contributed by atoms with E-state index in [1.807, 2.05) is 24.3 Å². The number of hydrogen-bond acceptors (Lipinski definition) is 8. The Kier molecular flexibility index (Phi) is 5.98. The van der Waals surface area contributed by atoms with Gasteiger partial charge in [-0.25, -0.2) is 9.78 Å². The molecule has 0 aliphatic rings. The van der Waals surface area contributed by atoms with Crippen LogP contribution in [0.4, 0.5) is 5.00 Å². The summed E-state index contributed by atoms with van der Waals surface area (Å²) in [6.07, 6.45) is 1.54. The third-order valence-corrected chi connectivity index (χ3v) is 6.99. The number of nitrogens with one attached hydrogen (secondary N) is 1. The van der Waals surface area contributed by atoms with Crippen molar-refractivity contribution >= 4 is 61.5 Å². The highest BCUT2D eigenvalue weighted by atomic mass is 32.2. The summed E-state index contributed by atoms with van der Waals surface area (Å²) < 4.78 is 12.5. The van der Waals surface area contributed by atoms with E-state index in [9.17, 15) is 9.59 Å². The van der Waals surface area contributed by atoms with E-state index < -0.39 is 5.97 Å². The Hall–Kier alpha value is -2.62. The van der Waals surface area contributed by atoms with Crippen molar-refractivity contribution in [3.05, 3.63) is 53.6 Å². The zero-order chi connectivity index (χ0) is 20.2. The Morgan fingerprint density at radius 3 is 2.86 bits per heavy atom. The second kappa shape index (κ2) is 8.81. The molecule has 0 saturated heterocycles. The summed E-state index contributed by atoms with van der Waals surface area (Å²) >= 11 is 4.19. The monoisotopic (exact) mass is 444 g/mol. The van der Waals surface area contributed by atoms with E-state index in [4.69, 9.17) is 9.15 Å². The van der Waals surface area contributed by atoms with Crippen molar-refractivity contribution in [3.63, 3.8) is 0 Å². The summed E-state index contributed by atoms with van der Waals surface area (Å²) in [4.78, 5) is 29.5. The van der Waals surface area contributed by atoms with Crippen molar-refractivity contribution in [2.24, 2.45) is 0 Å². The van der Waals surface area contributed by atoms with E-state index in [0.29, 0.717) is 21.9 Å². The number of carbonyl (C=O) groups is 2. The van der Waals surface area contributed by atoms with Crippen LogP contribution in [0.15, 0.2) is 56.8 Å². The largest absolute Gasteiger partial charge is 0.464 e. The lowest BCUT2D eigenvalue weighted by Crippen LogP contribution is -2.16. The van der Waals surface area contributed by atoms with E-state index in [1.165, 1.54) is 29.4 Å². The molecule has 0 spiro atoms. The van der Waals surface area contributed by atoms with Crippen LogP contribution in [0.5, 0.6) is 0 Å². The van der Waals surface area contributed by atoms with Gasteiger partial charge in [0, 0.05) is 10.9 Å². The highest BCUT2D eigenvalue weighted by Gasteiger charge is 2.24. The van der Waals surface area contributed by atoms with Gasteiger partial charge in [-0.3, -0.25) is 4.79 Å².